The first-order valence-corrected chi connectivity index (χ1v) is 8.52. The van der Waals surface area contributed by atoms with Crippen molar-refractivity contribution in [3.63, 3.8) is 0 Å². The Labute approximate surface area is 164 Å². The Morgan fingerprint density at radius 3 is 1.89 bits per heavy atom. The zero-order valence-corrected chi connectivity index (χ0v) is 16.7. The topological polar surface area (TPSA) is 75.3 Å². The first kappa shape index (κ1) is 21.0. The molecule has 0 saturated heterocycles. The highest BCUT2D eigenvalue weighted by Gasteiger charge is 2.12. The molecule has 7 nitrogen and oxygen atoms in total. The van der Waals surface area contributed by atoms with Crippen LogP contribution >= 0.6 is 0 Å². The third kappa shape index (κ3) is 5.33. The summed E-state index contributed by atoms with van der Waals surface area (Å²) in [6, 6.07) is 8.88. The second kappa shape index (κ2) is 10.1. The van der Waals surface area contributed by atoms with Crippen molar-refractivity contribution in [2.75, 3.05) is 35.5 Å². The maximum atomic E-state index is 12.2. The van der Waals surface area contributed by atoms with Crippen molar-refractivity contribution in [3.05, 3.63) is 47.5 Å². The lowest BCUT2D eigenvalue weighted by atomic mass is 10.1. The quantitative estimate of drug-likeness (QED) is 0.667. The highest BCUT2D eigenvalue weighted by molar-refractivity contribution is 5.91. The van der Waals surface area contributed by atoms with Crippen molar-refractivity contribution in [2.24, 2.45) is 0 Å². The number of methoxy groups -OCH3 is 5. The van der Waals surface area contributed by atoms with Crippen LogP contribution in [-0.4, -0.2) is 41.5 Å². The van der Waals surface area contributed by atoms with Gasteiger partial charge in [0.1, 0.15) is 17.2 Å². The van der Waals surface area contributed by atoms with Crippen LogP contribution in [0.5, 0.6) is 28.7 Å². The third-order valence-corrected chi connectivity index (χ3v) is 4.04. The molecule has 0 saturated carbocycles. The minimum Gasteiger partial charge on any atom is -0.497 e. The van der Waals surface area contributed by atoms with Crippen LogP contribution in [0, 0.1) is 0 Å². The minimum atomic E-state index is -0.251. The van der Waals surface area contributed by atoms with Crippen molar-refractivity contribution < 1.29 is 28.5 Å². The summed E-state index contributed by atoms with van der Waals surface area (Å²) >= 11 is 0. The van der Waals surface area contributed by atoms with Gasteiger partial charge in [0, 0.05) is 30.3 Å². The van der Waals surface area contributed by atoms with Crippen LogP contribution in [0.1, 0.15) is 11.1 Å². The number of rotatable bonds is 9. The summed E-state index contributed by atoms with van der Waals surface area (Å²) in [5.41, 5.74) is 1.56. The molecule has 0 unspecified atom stereocenters. The fourth-order valence-electron chi connectivity index (χ4n) is 2.57. The molecule has 0 bridgehead atoms. The summed E-state index contributed by atoms with van der Waals surface area (Å²) in [4.78, 5) is 12.2. The summed E-state index contributed by atoms with van der Waals surface area (Å²) in [7, 11) is 7.81. The van der Waals surface area contributed by atoms with Crippen molar-refractivity contribution in [2.45, 2.75) is 6.54 Å². The predicted molar refractivity (Wildman–Crippen MR) is 107 cm³/mol. The predicted octanol–water partition coefficient (Wildman–Crippen LogP) is 3.06. The van der Waals surface area contributed by atoms with E-state index in [2.05, 4.69) is 5.32 Å². The lowest BCUT2D eigenvalue weighted by molar-refractivity contribution is -0.116. The van der Waals surface area contributed by atoms with Crippen molar-refractivity contribution in [1.82, 2.24) is 5.32 Å². The van der Waals surface area contributed by atoms with Crippen molar-refractivity contribution in [3.8, 4) is 28.7 Å². The molecule has 2 rings (SSSR count). The van der Waals surface area contributed by atoms with E-state index in [-0.39, 0.29) is 12.5 Å². The Morgan fingerprint density at radius 2 is 1.36 bits per heavy atom. The first-order valence-electron chi connectivity index (χ1n) is 8.52. The molecule has 2 aromatic carbocycles. The molecule has 0 radical (unpaired) electrons. The molecule has 0 aliphatic heterocycles. The van der Waals surface area contributed by atoms with E-state index in [9.17, 15) is 4.79 Å². The average Bonchev–Trinajstić information content (AvgIpc) is 2.74. The lowest BCUT2D eigenvalue weighted by Gasteiger charge is -2.14. The number of ether oxygens (including phenoxy) is 5. The maximum Gasteiger partial charge on any atom is 0.244 e. The van der Waals surface area contributed by atoms with Gasteiger partial charge >= 0.3 is 0 Å². The average molecular weight is 387 g/mol. The van der Waals surface area contributed by atoms with E-state index in [4.69, 9.17) is 23.7 Å². The number of amides is 1. The molecule has 0 fully saturated rings. The minimum absolute atomic E-state index is 0.251. The van der Waals surface area contributed by atoms with Gasteiger partial charge in [0.2, 0.25) is 5.91 Å². The Balaban J connectivity index is 2.09. The fraction of sp³-hybridized carbons (Fsp3) is 0.286. The van der Waals surface area contributed by atoms with Gasteiger partial charge in [-0.3, -0.25) is 4.79 Å². The molecule has 7 heteroatoms. The van der Waals surface area contributed by atoms with E-state index in [1.807, 2.05) is 12.1 Å². The Kier molecular flexibility index (Phi) is 7.56. The van der Waals surface area contributed by atoms with E-state index in [1.54, 1.807) is 59.8 Å². The molecule has 1 amide bonds. The largest absolute Gasteiger partial charge is 0.497 e. The van der Waals surface area contributed by atoms with E-state index in [1.165, 1.54) is 6.08 Å². The van der Waals surface area contributed by atoms with Crippen LogP contribution in [0.25, 0.3) is 6.08 Å². The molecule has 0 aliphatic carbocycles. The van der Waals surface area contributed by atoms with Crippen LogP contribution in [-0.2, 0) is 11.3 Å². The Bertz CT molecular complexity index is 825. The monoisotopic (exact) mass is 387 g/mol. The van der Waals surface area contributed by atoms with Gasteiger partial charge in [0.15, 0.2) is 11.5 Å². The number of hydrogen-bond acceptors (Lipinski definition) is 6. The number of carbonyl (C=O) groups excluding carboxylic acids is 1. The number of nitrogens with one attached hydrogen (secondary N) is 1. The van der Waals surface area contributed by atoms with Gasteiger partial charge in [-0.05, 0) is 29.8 Å². The molecular formula is C21H25NO6. The standard InChI is InChI=1S/C21H25NO6/c1-24-16-8-14(9-17(11-16)25-2)6-7-21(23)22-13-15-10-19(27-4)20(28-5)12-18(15)26-3/h6-12H,13H2,1-5H3,(H,22,23)/b7-6+. The number of hydrogen-bond donors (Lipinski definition) is 1. The SMILES string of the molecule is COc1cc(/C=C/C(=O)NCc2cc(OC)c(OC)cc2OC)cc(OC)c1. The zero-order chi connectivity index (χ0) is 20.5. The molecule has 0 aromatic heterocycles. The van der Waals surface area contributed by atoms with Crippen LogP contribution in [0.2, 0.25) is 0 Å². The van der Waals surface area contributed by atoms with E-state index in [0.717, 1.165) is 11.1 Å². The van der Waals surface area contributed by atoms with E-state index >= 15 is 0 Å². The summed E-state index contributed by atoms with van der Waals surface area (Å²) in [6.07, 6.45) is 3.13. The molecule has 0 atom stereocenters. The van der Waals surface area contributed by atoms with Gasteiger partial charge in [-0.1, -0.05) is 0 Å². The smallest absolute Gasteiger partial charge is 0.244 e. The molecular weight excluding hydrogens is 362 g/mol. The van der Waals surface area contributed by atoms with E-state index < -0.39 is 0 Å². The van der Waals surface area contributed by atoms with E-state index in [0.29, 0.717) is 28.7 Å². The Morgan fingerprint density at radius 1 is 0.786 bits per heavy atom. The van der Waals surface area contributed by atoms with Gasteiger partial charge < -0.3 is 29.0 Å². The van der Waals surface area contributed by atoms with Gasteiger partial charge in [-0.15, -0.1) is 0 Å². The first-order chi connectivity index (χ1) is 13.5. The van der Waals surface area contributed by atoms with Gasteiger partial charge in [-0.25, -0.2) is 0 Å². The summed E-state index contributed by atoms with van der Waals surface area (Å²) in [5, 5.41) is 2.83. The van der Waals surface area contributed by atoms with Crippen LogP contribution in [0.4, 0.5) is 0 Å². The Hall–Kier alpha value is -3.35. The van der Waals surface area contributed by atoms with Gasteiger partial charge in [0.25, 0.3) is 0 Å². The molecule has 0 aliphatic rings. The molecule has 2 aromatic rings. The molecule has 1 N–H and O–H groups in total. The summed E-state index contributed by atoms with van der Waals surface area (Å²) < 4.78 is 26.4. The maximum absolute atomic E-state index is 12.2. The van der Waals surface area contributed by atoms with Gasteiger partial charge in [0.05, 0.1) is 35.5 Å². The summed E-state index contributed by atoms with van der Waals surface area (Å²) in [6.45, 7) is 0.272. The molecule has 0 heterocycles. The molecule has 0 spiro atoms. The highest BCUT2D eigenvalue weighted by atomic mass is 16.5. The van der Waals surface area contributed by atoms with Crippen molar-refractivity contribution in [1.29, 1.82) is 0 Å². The molecule has 28 heavy (non-hydrogen) atoms. The third-order valence-electron chi connectivity index (χ3n) is 4.04. The van der Waals surface area contributed by atoms with Crippen LogP contribution in [0.3, 0.4) is 0 Å². The lowest BCUT2D eigenvalue weighted by Crippen LogP contribution is -2.20. The highest BCUT2D eigenvalue weighted by Crippen LogP contribution is 2.34. The normalized spacial score (nSPS) is 10.5. The second-order valence-corrected chi connectivity index (χ2v) is 5.72. The van der Waals surface area contributed by atoms with Gasteiger partial charge in [-0.2, -0.15) is 0 Å². The van der Waals surface area contributed by atoms with Crippen LogP contribution < -0.4 is 29.0 Å². The zero-order valence-electron chi connectivity index (χ0n) is 16.7. The van der Waals surface area contributed by atoms with Crippen molar-refractivity contribution >= 4 is 12.0 Å². The summed E-state index contributed by atoms with van der Waals surface area (Å²) in [5.74, 6) is 2.76. The molecule has 150 valence electrons. The van der Waals surface area contributed by atoms with Crippen LogP contribution in [0.15, 0.2) is 36.4 Å². The number of carbonyl (C=O) groups is 1. The number of benzene rings is 2. The second-order valence-electron chi connectivity index (χ2n) is 5.72. The fourth-order valence-corrected chi connectivity index (χ4v) is 2.57.